The molecule has 0 aliphatic heterocycles. The van der Waals surface area contributed by atoms with Crippen LogP contribution in [-0.2, 0) is 13.2 Å². The van der Waals surface area contributed by atoms with Gasteiger partial charge in [-0.2, -0.15) is 0 Å². The number of hydrogen-bond donors (Lipinski definition) is 1. The Balaban J connectivity index is 2.11. The minimum Gasteiger partial charge on any atom is -0.489 e. The topological polar surface area (TPSA) is 35.2 Å². The summed E-state index contributed by atoms with van der Waals surface area (Å²) in [5.41, 5.74) is 7.08. The molecule has 0 saturated carbocycles. The Labute approximate surface area is 114 Å². The number of hydrogen-bond acceptors (Lipinski definition) is 2. The second-order valence-electron chi connectivity index (χ2n) is 3.88. The van der Waals surface area contributed by atoms with Crippen molar-refractivity contribution in [2.24, 2.45) is 5.73 Å². The third-order valence-corrected chi connectivity index (χ3v) is 2.98. The molecular weight excluding hydrogens is 297 g/mol. The molecule has 0 amide bonds. The van der Waals surface area contributed by atoms with Crippen molar-refractivity contribution in [3.8, 4) is 5.75 Å². The van der Waals surface area contributed by atoms with E-state index < -0.39 is 0 Å². The number of halogens is 2. The summed E-state index contributed by atoms with van der Waals surface area (Å²) in [4.78, 5) is 0. The van der Waals surface area contributed by atoms with Crippen molar-refractivity contribution >= 4 is 15.9 Å². The largest absolute Gasteiger partial charge is 0.489 e. The van der Waals surface area contributed by atoms with Crippen LogP contribution in [0.25, 0.3) is 0 Å². The third-order valence-electron chi connectivity index (χ3n) is 2.52. The Morgan fingerprint density at radius 1 is 1.17 bits per heavy atom. The lowest BCUT2D eigenvalue weighted by molar-refractivity contribution is 0.299. The van der Waals surface area contributed by atoms with Gasteiger partial charge in [0.1, 0.15) is 18.2 Å². The maximum absolute atomic E-state index is 13.4. The highest BCUT2D eigenvalue weighted by Gasteiger charge is 2.03. The summed E-state index contributed by atoms with van der Waals surface area (Å²) >= 11 is 3.38. The Morgan fingerprint density at radius 2 is 1.94 bits per heavy atom. The Kier molecular flexibility index (Phi) is 4.33. The summed E-state index contributed by atoms with van der Waals surface area (Å²) < 4.78 is 19.9. The normalized spacial score (nSPS) is 10.4. The van der Waals surface area contributed by atoms with E-state index in [1.807, 2.05) is 18.2 Å². The van der Waals surface area contributed by atoms with Crippen LogP contribution in [0.5, 0.6) is 5.75 Å². The standard InChI is InChI=1S/C14H13BrFNO/c15-12-5-10(8-17)6-13(7-12)18-9-11-3-1-2-4-14(11)16/h1-7H,8-9,17H2. The van der Waals surface area contributed by atoms with Crippen molar-refractivity contribution in [2.45, 2.75) is 13.2 Å². The van der Waals surface area contributed by atoms with Crippen LogP contribution in [0.4, 0.5) is 4.39 Å². The van der Waals surface area contributed by atoms with Crippen LogP contribution in [0, 0.1) is 5.82 Å². The molecule has 4 heteroatoms. The van der Waals surface area contributed by atoms with Gasteiger partial charge in [0.05, 0.1) is 0 Å². The number of ether oxygens (including phenoxy) is 1. The Bertz CT molecular complexity index is 545. The molecule has 0 bridgehead atoms. The van der Waals surface area contributed by atoms with Crippen molar-refractivity contribution in [3.05, 3.63) is 63.9 Å². The lowest BCUT2D eigenvalue weighted by atomic mass is 10.2. The van der Waals surface area contributed by atoms with Crippen LogP contribution in [-0.4, -0.2) is 0 Å². The van der Waals surface area contributed by atoms with E-state index in [-0.39, 0.29) is 12.4 Å². The third kappa shape index (κ3) is 3.31. The zero-order valence-corrected chi connectivity index (χ0v) is 11.3. The second kappa shape index (κ2) is 5.98. The Morgan fingerprint density at radius 3 is 2.67 bits per heavy atom. The number of benzene rings is 2. The molecule has 0 aliphatic carbocycles. The zero-order chi connectivity index (χ0) is 13.0. The summed E-state index contributed by atoms with van der Waals surface area (Å²) in [6.07, 6.45) is 0. The molecule has 0 radical (unpaired) electrons. The van der Waals surface area contributed by atoms with E-state index in [0.717, 1.165) is 10.0 Å². The van der Waals surface area contributed by atoms with E-state index in [4.69, 9.17) is 10.5 Å². The van der Waals surface area contributed by atoms with E-state index in [1.165, 1.54) is 6.07 Å². The maximum atomic E-state index is 13.4. The SMILES string of the molecule is NCc1cc(Br)cc(OCc2ccccc2F)c1. The molecule has 2 N–H and O–H groups in total. The summed E-state index contributed by atoms with van der Waals surface area (Å²) in [7, 11) is 0. The van der Waals surface area contributed by atoms with Crippen LogP contribution in [0.15, 0.2) is 46.9 Å². The summed E-state index contributed by atoms with van der Waals surface area (Å²) in [6, 6.07) is 12.2. The number of rotatable bonds is 4. The van der Waals surface area contributed by atoms with E-state index in [2.05, 4.69) is 15.9 Å². The molecule has 2 rings (SSSR count). The minimum absolute atomic E-state index is 0.202. The fourth-order valence-corrected chi connectivity index (χ4v) is 2.12. The van der Waals surface area contributed by atoms with E-state index in [0.29, 0.717) is 17.9 Å². The molecule has 0 unspecified atom stereocenters. The molecule has 0 spiro atoms. The van der Waals surface area contributed by atoms with Gasteiger partial charge in [-0.25, -0.2) is 4.39 Å². The van der Waals surface area contributed by atoms with Gasteiger partial charge in [-0.15, -0.1) is 0 Å². The van der Waals surface area contributed by atoms with Crippen molar-refractivity contribution in [1.82, 2.24) is 0 Å². The minimum atomic E-state index is -0.258. The molecule has 2 aromatic carbocycles. The zero-order valence-electron chi connectivity index (χ0n) is 9.70. The van der Waals surface area contributed by atoms with Gasteiger partial charge in [-0.3, -0.25) is 0 Å². The molecule has 94 valence electrons. The highest BCUT2D eigenvalue weighted by atomic mass is 79.9. The van der Waals surface area contributed by atoms with Crippen LogP contribution in [0.1, 0.15) is 11.1 Å². The highest BCUT2D eigenvalue weighted by molar-refractivity contribution is 9.10. The molecule has 0 heterocycles. The molecule has 0 fully saturated rings. The number of nitrogens with two attached hydrogens (primary N) is 1. The summed E-state index contributed by atoms with van der Waals surface area (Å²) in [5.74, 6) is 0.416. The lowest BCUT2D eigenvalue weighted by Gasteiger charge is -2.09. The van der Waals surface area contributed by atoms with Gasteiger partial charge in [-0.05, 0) is 29.8 Å². The van der Waals surface area contributed by atoms with Crippen molar-refractivity contribution in [3.63, 3.8) is 0 Å². The first kappa shape index (κ1) is 13.1. The molecular formula is C14H13BrFNO. The molecule has 2 nitrogen and oxygen atoms in total. The molecule has 0 atom stereocenters. The first-order valence-corrected chi connectivity index (χ1v) is 6.34. The van der Waals surface area contributed by atoms with Crippen LogP contribution in [0.3, 0.4) is 0 Å². The van der Waals surface area contributed by atoms with Crippen LogP contribution < -0.4 is 10.5 Å². The average Bonchev–Trinajstić information content (AvgIpc) is 2.37. The van der Waals surface area contributed by atoms with Gasteiger partial charge in [0.15, 0.2) is 0 Å². The maximum Gasteiger partial charge on any atom is 0.129 e. The fraction of sp³-hybridized carbons (Fsp3) is 0.143. The quantitative estimate of drug-likeness (QED) is 0.936. The molecule has 0 aromatic heterocycles. The van der Waals surface area contributed by atoms with E-state index >= 15 is 0 Å². The van der Waals surface area contributed by atoms with Gasteiger partial charge in [0.2, 0.25) is 0 Å². The van der Waals surface area contributed by atoms with Gasteiger partial charge in [0.25, 0.3) is 0 Å². The fourth-order valence-electron chi connectivity index (χ4n) is 1.60. The van der Waals surface area contributed by atoms with E-state index in [1.54, 1.807) is 18.2 Å². The molecule has 2 aromatic rings. The van der Waals surface area contributed by atoms with Gasteiger partial charge in [-0.1, -0.05) is 34.1 Å². The monoisotopic (exact) mass is 309 g/mol. The van der Waals surface area contributed by atoms with Gasteiger partial charge < -0.3 is 10.5 Å². The first-order chi connectivity index (χ1) is 8.69. The predicted molar refractivity (Wildman–Crippen MR) is 72.8 cm³/mol. The first-order valence-electron chi connectivity index (χ1n) is 5.55. The van der Waals surface area contributed by atoms with Crippen molar-refractivity contribution < 1.29 is 9.13 Å². The van der Waals surface area contributed by atoms with Crippen LogP contribution >= 0.6 is 15.9 Å². The van der Waals surface area contributed by atoms with Gasteiger partial charge >= 0.3 is 0 Å². The van der Waals surface area contributed by atoms with Crippen LogP contribution in [0.2, 0.25) is 0 Å². The van der Waals surface area contributed by atoms with Crippen molar-refractivity contribution in [1.29, 1.82) is 0 Å². The predicted octanol–water partition coefficient (Wildman–Crippen LogP) is 3.63. The Hall–Kier alpha value is -1.39. The average molecular weight is 310 g/mol. The highest BCUT2D eigenvalue weighted by Crippen LogP contribution is 2.22. The molecule has 0 saturated heterocycles. The summed E-state index contributed by atoms with van der Waals surface area (Å²) in [5, 5.41) is 0. The molecule has 0 aliphatic rings. The van der Waals surface area contributed by atoms with Gasteiger partial charge in [0, 0.05) is 16.6 Å². The molecule has 18 heavy (non-hydrogen) atoms. The second-order valence-corrected chi connectivity index (χ2v) is 4.80. The van der Waals surface area contributed by atoms with E-state index in [9.17, 15) is 4.39 Å². The van der Waals surface area contributed by atoms with Crippen molar-refractivity contribution in [2.75, 3.05) is 0 Å². The smallest absolute Gasteiger partial charge is 0.129 e. The lowest BCUT2D eigenvalue weighted by Crippen LogP contribution is -2.00. The summed E-state index contributed by atoms with van der Waals surface area (Å²) in [6.45, 7) is 0.642.